The first-order valence-electron chi connectivity index (χ1n) is 36.6. The van der Waals surface area contributed by atoms with Gasteiger partial charge in [-0.15, -0.1) is 0 Å². The second-order valence-electron chi connectivity index (χ2n) is 25.3. The molecule has 0 fully saturated rings. The van der Waals surface area contributed by atoms with Crippen molar-refractivity contribution in [1.82, 2.24) is 5.32 Å². The molecule has 0 rings (SSSR count). The molecule has 0 bridgehead atoms. The van der Waals surface area contributed by atoms with Crippen LogP contribution in [0.25, 0.3) is 0 Å². The van der Waals surface area contributed by atoms with Crippen LogP contribution in [0.4, 0.5) is 0 Å². The summed E-state index contributed by atoms with van der Waals surface area (Å²) < 4.78 is 5.48. The summed E-state index contributed by atoms with van der Waals surface area (Å²) >= 11 is 0. The highest BCUT2D eigenvalue weighted by Gasteiger charge is 2.20. The quantitative estimate of drug-likeness (QED) is 0.0320. The van der Waals surface area contributed by atoms with Crippen LogP contribution in [0.5, 0.6) is 0 Å². The molecule has 6 nitrogen and oxygen atoms in total. The van der Waals surface area contributed by atoms with Crippen molar-refractivity contribution in [3.63, 3.8) is 0 Å². The zero-order valence-corrected chi connectivity index (χ0v) is 54.3. The molecule has 0 aromatic heterocycles. The van der Waals surface area contributed by atoms with Gasteiger partial charge >= 0.3 is 5.97 Å². The third-order valence-corrected chi connectivity index (χ3v) is 17.3. The Labute approximate surface area is 501 Å². The molecule has 0 radical (unpaired) electrons. The molecule has 2 atom stereocenters. The van der Waals surface area contributed by atoms with Gasteiger partial charge in [0.15, 0.2) is 0 Å². The van der Waals surface area contributed by atoms with Crippen LogP contribution in [-0.4, -0.2) is 47.4 Å². The van der Waals surface area contributed by atoms with Crippen molar-refractivity contribution in [3.05, 3.63) is 24.3 Å². The number of aliphatic hydroxyl groups excluding tert-OH is 2. The molecule has 80 heavy (non-hydrogen) atoms. The van der Waals surface area contributed by atoms with Gasteiger partial charge in [0, 0.05) is 12.8 Å². The van der Waals surface area contributed by atoms with Gasteiger partial charge in [-0.05, 0) is 51.4 Å². The molecule has 0 aliphatic heterocycles. The molecule has 0 aromatic rings. The summed E-state index contributed by atoms with van der Waals surface area (Å²) in [5.41, 5.74) is 0. The third kappa shape index (κ3) is 65.5. The van der Waals surface area contributed by atoms with Gasteiger partial charge in [-0.1, -0.05) is 372 Å². The normalized spacial score (nSPS) is 12.6. The SMILES string of the molecule is CCCC/C=C\C/C=C\CCCCCCCC(=O)OCCCCCCCCCCCCCCCCCCCCCCCCCCCCCC(=O)NC(CO)C(O)CCCCCCCCCCCCCCCCCCCCCCCC. The van der Waals surface area contributed by atoms with Gasteiger partial charge in [0.25, 0.3) is 0 Å². The number of nitrogens with one attached hydrogen (secondary N) is 1. The van der Waals surface area contributed by atoms with E-state index in [9.17, 15) is 19.8 Å². The molecule has 2 unspecified atom stereocenters. The number of ether oxygens (including phenoxy) is 1. The van der Waals surface area contributed by atoms with E-state index in [0.717, 1.165) is 51.4 Å². The lowest BCUT2D eigenvalue weighted by Crippen LogP contribution is -2.45. The largest absolute Gasteiger partial charge is 0.466 e. The van der Waals surface area contributed by atoms with Crippen molar-refractivity contribution in [1.29, 1.82) is 0 Å². The maximum atomic E-state index is 12.6. The molecule has 3 N–H and O–H groups in total. The number of unbranched alkanes of at least 4 members (excludes halogenated alkanes) is 54. The summed E-state index contributed by atoms with van der Waals surface area (Å²) in [5, 5.41) is 23.4. The monoisotopic (exact) mass is 1130 g/mol. The van der Waals surface area contributed by atoms with Gasteiger partial charge in [-0.3, -0.25) is 9.59 Å². The van der Waals surface area contributed by atoms with E-state index in [4.69, 9.17) is 4.74 Å². The first-order chi connectivity index (χ1) is 39.5. The molecular weight excluding hydrogens is 983 g/mol. The summed E-state index contributed by atoms with van der Waals surface area (Å²) in [6.45, 7) is 4.95. The number of esters is 1. The van der Waals surface area contributed by atoms with Gasteiger partial charge < -0.3 is 20.3 Å². The van der Waals surface area contributed by atoms with Gasteiger partial charge in [0.1, 0.15) is 0 Å². The predicted octanol–water partition coefficient (Wildman–Crippen LogP) is 23.7. The Morgan fingerprint density at radius 2 is 0.637 bits per heavy atom. The Morgan fingerprint density at radius 1 is 0.350 bits per heavy atom. The number of amides is 1. The fourth-order valence-corrected chi connectivity index (χ4v) is 11.7. The smallest absolute Gasteiger partial charge is 0.305 e. The second-order valence-corrected chi connectivity index (χ2v) is 25.3. The Bertz CT molecular complexity index is 1250. The van der Waals surface area contributed by atoms with Crippen LogP contribution < -0.4 is 5.32 Å². The Balaban J connectivity index is 3.35. The van der Waals surface area contributed by atoms with Gasteiger partial charge in [0.05, 0.1) is 25.4 Å². The second kappa shape index (κ2) is 69.8. The van der Waals surface area contributed by atoms with Gasteiger partial charge in [-0.2, -0.15) is 0 Å². The summed E-state index contributed by atoms with van der Waals surface area (Å²) in [6, 6.07) is -0.540. The van der Waals surface area contributed by atoms with E-state index in [0.29, 0.717) is 25.9 Å². The van der Waals surface area contributed by atoms with Gasteiger partial charge in [-0.25, -0.2) is 0 Å². The van der Waals surface area contributed by atoms with Crippen LogP contribution in [-0.2, 0) is 14.3 Å². The van der Waals surface area contributed by atoms with Crippen molar-refractivity contribution in [2.45, 2.75) is 424 Å². The minimum Gasteiger partial charge on any atom is -0.466 e. The Hall–Kier alpha value is -1.66. The third-order valence-electron chi connectivity index (χ3n) is 17.3. The van der Waals surface area contributed by atoms with Crippen LogP contribution in [0.15, 0.2) is 24.3 Å². The van der Waals surface area contributed by atoms with Crippen LogP contribution in [0.1, 0.15) is 412 Å². The van der Waals surface area contributed by atoms with E-state index < -0.39 is 12.1 Å². The lowest BCUT2D eigenvalue weighted by Gasteiger charge is -2.22. The maximum Gasteiger partial charge on any atom is 0.305 e. The number of hydrogen-bond donors (Lipinski definition) is 3. The van der Waals surface area contributed by atoms with Crippen molar-refractivity contribution in [3.8, 4) is 0 Å². The number of carbonyl (C=O) groups excluding carboxylic acids is 2. The Kier molecular flexibility index (Phi) is 68.4. The van der Waals surface area contributed by atoms with Crippen molar-refractivity contribution >= 4 is 11.9 Å². The van der Waals surface area contributed by atoms with Gasteiger partial charge in [0.2, 0.25) is 5.91 Å². The molecule has 474 valence electrons. The number of hydrogen-bond acceptors (Lipinski definition) is 5. The van der Waals surface area contributed by atoms with E-state index in [1.165, 1.54) is 327 Å². The van der Waals surface area contributed by atoms with Crippen LogP contribution in [0.2, 0.25) is 0 Å². The van der Waals surface area contributed by atoms with Crippen molar-refractivity contribution in [2.75, 3.05) is 13.2 Å². The first kappa shape index (κ1) is 78.3. The summed E-state index contributed by atoms with van der Waals surface area (Å²) in [5.74, 6) is -0.0232. The highest BCUT2D eigenvalue weighted by molar-refractivity contribution is 5.76. The topological polar surface area (TPSA) is 95.9 Å². The summed E-state index contributed by atoms with van der Waals surface area (Å²) in [7, 11) is 0. The van der Waals surface area contributed by atoms with E-state index in [2.05, 4.69) is 43.5 Å². The molecule has 0 aliphatic carbocycles. The summed E-state index contributed by atoms with van der Waals surface area (Å²) in [4.78, 5) is 24.6. The molecule has 0 saturated heterocycles. The fraction of sp³-hybridized carbons (Fsp3) is 0.919. The zero-order valence-electron chi connectivity index (χ0n) is 54.3. The average Bonchev–Trinajstić information content (AvgIpc) is 3.46. The van der Waals surface area contributed by atoms with Crippen LogP contribution in [0.3, 0.4) is 0 Å². The molecule has 0 aliphatic rings. The highest BCUT2D eigenvalue weighted by Crippen LogP contribution is 2.20. The van der Waals surface area contributed by atoms with Crippen molar-refractivity contribution < 1.29 is 24.5 Å². The maximum absolute atomic E-state index is 12.6. The standard InChI is InChI=1S/C74H143NO5/c1-3-5-7-9-11-13-15-17-19-20-21-22-30-33-36-39-42-46-50-54-58-62-66-72(77)71(70-76)75-73(78)67-63-59-55-51-47-43-40-37-34-31-28-26-24-23-25-27-29-32-35-38-41-45-49-53-57-61-65-69-80-74(79)68-64-60-56-52-48-44-18-16-14-12-10-8-6-4-2/h10,12,16,18,71-72,76-77H,3-9,11,13-15,17,19-70H2,1-2H3,(H,75,78)/b12-10-,18-16-. The van der Waals surface area contributed by atoms with Crippen LogP contribution >= 0.6 is 0 Å². The summed E-state index contributed by atoms with van der Waals surface area (Å²) in [6.07, 6.45) is 88.1. The molecule has 6 heteroatoms. The minimum atomic E-state index is -0.663. The number of aliphatic hydroxyl groups is 2. The van der Waals surface area contributed by atoms with E-state index in [1.807, 2.05) is 0 Å². The molecule has 0 aromatic carbocycles. The number of rotatable bonds is 69. The predicted molar refractivity (Wildman–Crippen MR) is 352 cm³/mol. The number of allylic oxidation sites excluding steroid dienone is 4. The first-order valence-corrected chi connectivity index (χ1v) is 36.6. The lowest BCUT2D eigenvalue weighted by atomic mass is 10.0. The van der Waals surface area contributed by atoms with Crippen molar-refractivity contribution in [2.24, 2.45) is 0 Å². The van der Waals surface area contributed by atoms with E-state index in [1.54, 1.807) is 0 Å². The molecule has 1 amide bonds. The fourth-order valence-electron chi connectivity index (χ4n) is 11.7. The lowest BCUT2D eigenvalue weighted by molar-refractivity contribution is -0.143. The molecule has 0 saturated carbocycles. The number of carbonyl (C=O) groups is 2. The average molecular weight is 1130 g/mol. The van der Waals surface area contributed by atoms with Crippen LogP contribution in [0, 0.1) is 0 Å². The highest BCUT2D eigenvalue weighted by atomic mass is 16.5. The van der Waals surface area contributed by atoms with E-state index in [-0.39, 0.29) is 18.5 Å². The molecular formula is C74H143NO5. The minimum absolute atomic E-state index is 0.00426. The molecule has 0 heterocycles. The van der Waals surface area contributed by atoms with E-state index >= 15 is 0 Å². The zero-order chi connectivity index (χ0) is 57.8. The molecule has 0 spiro atoms. The Morgan fingerprint density at radius 3 is 0.988 bits per heavy atom.